The molecule has 0 bridgehead atoms. The van der Waals surface area contributed by atoms with E-state index >= 15 is 0 Å². The number of phenolic OH excluding ortho intramolecular Hbond substituents is 2. The lowest BCUT2D eigenvalue weighted by atomic mass is 9.53. The van der Waals surface area contributed by atoms with Gasteiger partial charge in [-0.25, -0.2) is 0 Å². The van der Waals surface area contributed by atoms with Gasteiger partial charge in [0.25, 0.3) is 5.91 Å². The number of allylic oxidation sites excluding steroid dienone is 2. The first-order valence-corrected chi connectivity index (χ1v) is 13.1. The van der Waals surface area contributed by atoms with E-state index in [-0.39, 0.29) is 22.1 Å². The molecule has 1 amide bonds. The highest BCUT2D eigenvalue weighted by Crippen LogP contribution is 2.65. The number of amides is 1. The average Bonchev–Trinajstić information content (AvgIpc) is 3.19. The molecule has 1 spiro atoms. The Hall–Kier alpha value is -3.69. The van der Waals surface area contributed by atoms with Crippen molar-refractivity contribution >= 4 is 28.2 Å². The van der Waals surface area contributed by atoms with Crippen LogP contribution in [0.3, 0.4) is 0 Å². The van der Waals surface area contributed by atoms with E-state index in [0.29, 0.717) is 17.4 Å². The number of fused-ring (bicyclic) bond motifs is 4. The molecule has 6 rings (SSSR count). The smallest absolute Gasteiger partial charge is 0.255 e. The summed E-state index contributed by atoms with van der Waals surface area (Å²) in [5, 5.41) is 57.4. The molecule has 0 heterocycles. The van der Waals surface area contributed by atoms with Crippen LogP contribution in [0.15, 0.2) is 29.0 Å². The van der Waals surface area contributed by atoms with Gasteiger partial charge in [-0.3, -0.25) is 14.4 Å². The zero-order valence-corrected chi connectivity index (χ0v) is 22.2. The fraction of sp³-hybridized carbons (Fsp3) is 0.433. The number of Topliss-reactive ketones (excluding diaryl/α,β-unsaturated/α-hetero) is 2. The van der Waals surface area contributed by atoms with Crippen molar-refractivity contribution < 1.29 is 39.9 Å². The van der Waals surface area contributed by atoms with Crippen LogP contribution in [0.25, 0.3) is 10.8 Å². The number of primary amides is 1. The first kappa shape index (κ1) is 25.6. The summed E-state index contributed by atoms with van der Waals surface area (Å²) in [6.45, 7) is 8.25. The first-order valence-electron chi connectivity index (χ1n) is 13.1. The average molecular weight is 534 g/mol. The van der Waals surface area contributed by atoms with E-state index in [1.54, 1.807) is 6.07 Å². The lowest BCUT2D eigenvalue weighted by Gasteiger charge is -2.50. The molecular weight excluding hydrogens is 502 g/mol. The van der Waals surface area contributed by atoms with Crippen molar-refractivity contribution in [3.8, 4) is 11.5 Å². The van der Waals surface area contributed by atoms with Gasteiger partial charge in [-0.15, -0.1) is 0 Å². The molecule has 4 aliphatic rings. The third-order valence-corrected chi connectivity index (χ3v) is 10.1. The van der Waals surface area contributed by atoms with Crippen LogP contribution < -0.4 is 5.73 Å². The maximum absolute atomic E-state index is 14.0. The Bertz CT molecular complexity index is 1650. The molecule has 0 saturated heterocycles. The molecule has 4 atom stereocenters. The summed E-state index contributed by atoms with van der Waals surface area (Å²) in [6.07, 6.45) is 2.00. The Kier molecular flexibility index (Phi) is 4.91. The molecular formula is C30H31NO8. The van der Waals surface area contributed by atoms with Crippen molar-refractivity contribution in [1.29, 1.82) is 0 Å². The Balaban J connectivity index is 1.75. The highest BCUT2D eigenvalue weighted by atomic mass is 16.4. The Morgan fingerprint density at radius 2 is 1.77 bits per heavy atom. The number of hydrogen-bond acceptors (Lipinski definition) is 8. The summed E-state index contributed by atoms with van der Waals surface area (Å²) < 4.78 is 0. The maximum Gasteiger partial charge on any atom is 0.255 e. The van der Waals surface area contributed by atoms with Crippen LogP contribution in [0, 0.1) is 18.3 Å². The normalized spacial score (nSPS) is 31.0. The molecule has 9 nitrogen and oxygen atoms in total. The lowest BCUT2D eigenvalue weighted by molar-refractivity contribution is -0.129. The van der Waals surface area contributed by atoms with E-state index in [4.69, 9.17) is 5.73 Å². The Labute approximate surface area is 224 Å². The second-order valence-corrected chi connectivity index (χ2v) is 12.2. The van der Waals surface area contributed by atoms with E-state index in [2.05, 4.69) is 19.9 Å². The van der Waals surface area contributed by atoms with E-state index in [1.165, 1.54) is 0 Å². The molecule has 0 saturated carbocycles. The molecule has 0 fully saturated rings. The second-order valence-electron chi connectivity index (χ2n) is 12.2. The van der Waals surface area contributed by atoms with Crippen LogP contribution in [0.5, 0.6) is 11.5 Å². The molecule has 204 valence electrons. The molecule has 7 N–H and O–H groups in total. The SMILES string of the molecule is CC1=CCCC(C)(C)[C@@]12Cc1c3c(c(O)c4c(O)cc(C)c2c14)C(=O)[C@]1(O)C(O)=C(C(N)=O)C(=O)C[C@@H]1[C@H]3O. The number of phenols is 2. The molecule has 0 radical (unpaired) electrons. The third kappa shape index (κ3) is 2.69. The van der Waals surface area contributed by atoms with Crippen molar-refractivity contribution in [2.75, 3.05) is 0 Å². The highest BCUT2D eigenvalue weighted by molar-refractivity contribution is 6.23. The number of aryl methyl sites for hydroxylation is 1. The van der Waals surface area contributed by atoms with Gasteiger partial charge in [-0.1, -0.05) is 25.5 Å². The van der Waals surface area contributed by atoms with Crippen molar-refractivity contribution in [3.05, 3.63) is 56.9 Å². The summed E-state index contributed by atoms with van der Waals surface area (Å²) in [7, 11) is 0. The van der Waals surface area contributed by atoms with Gasteiger partial charge in [-0.2, -0.15) is 0 Å². The van der Waals surface area contributed by atoms with Gasteiger partial charge in [0.1, 0.15) is 22.8 Å². The van der Waals surface area contributed by atoms with Crippen molar-refractivity contribution in [2.45, 2.75) is 70.5 Å². The number of nitrogens with two attached hydrogens (primary N) is 1. The van der Waals surface area contributed by atoms with Gasteiger partial charge in [0.05, 0.1) is 17.1 Å². The number of carbonyl (C=O) groups excluding carboxylic acids is 3. The summed E-state index contributed by atoms with van der Waals surface area (Å²) in [6, 6.07) is 1.54. The monoisotopic (exact) mass is 533 g/mol. The fourth-order valence-corrected chi connectivity index (χ4v) is 8.22. The number of aliphatic hydroxyl groups excluding tert-OH is 2. The zero-order chi connectivity index (χ0) is 28.6. The first-order chi connectivity index (χ1) is 18.1. The van der Waals surface area contributed by atoms with Gasteiger partial charge < -0.3 is 31.3 Å². The molecule has 2 aromatic rings. The largest absolute Gasteiger partial charge is 0.508 e. The standard InChI is InChI=1S/C30H31NO8/c1-11-8-15(32)19-17-13(10-29(22(11)17)12(2)6-5-7-28(29,3)4)18-21(24(19)35)26(37)30(39)14(23(18)34)9-16(33)20(25(30)36)27(31)38/h6,8,14,23,32,34-36,39H,5,7,9-10H2,1-4H3,(H2,31,38)/t14-,23-,29+,30-/m1/s1. The van der Waals surface area contributed by atoms with Crippen LogP contribution in [0.4, 0.5) is 0 Å². The fourth-order valence-electron chi connectivity index (χ4n) is 8.22. The highest BCUT2D eigenvalue weighted by Gasteiger charge is 2.63. The minimum absolute atomic E-state index is 0.0171. The van der Waals surface area contributed by atoms with Crippen molar-refractivity contribution in [1.82, 2.24) is 0 Å². The molecule has 9 heteroatoms. The van der Waals surface area contributed by atoms with Gasteiger partial charge in [0.2, 0.25) is 5.78 Å². The molecule has 0 aliphatic heterocycles. The summed E-state index contributed by atoms with van der Waals surface area (Å²) in [5.41, 5.74) is 3.61. The number of rotatable bonds is 1. The maximum atomic E-state index is 14.0. The minimum Gasteiger partial charge on any atom is -0.508 e. The lowest BCUT2D eigenvalue weighted by Crippen LogP contribution is -2.57. The van der Waals surface area contributed by atoms with Crippen molar-refractivity contribution in [2.24, 2.45) is 17.1 Å². The molecule has 2 aromatic carbocycles. The van der Waals surface area contributed by atoms with Crippen LogP contribution in [0.1, 0.15) is 78.7 Å². The van der Waals surface area contributed by atoms with Gasteiger partial charge in [-0.05, 0) is 72.2 Å². The van der Waals surface area contributed by atoms with E-state index < -0.39 is 69.6 Å². The Morgan fingerprint density at radius 3 is 2.38 bits per heavy atom. The van der Waals surface area contributed by atoms with Gasteiger partial charge in [0.15, 0.2) is 11.4 Å². The van der Waals surface area contributed by atoms with E-state index in [9.17, 15) is 39.9 Å². The van der Waals surface area contributed by atoms with Crippen molar-refractivity contribution in [3.63, 3.8) is 0 Å². The molecule has 39 heavy (non-hydrogen) atoms. The van der Waals surface area contributed by atoms with Crippen LogP contribution >= 0.6 is 0 Å². The number of carbonyl (C=O) groups is 3. The summed E-state index contributed by atoms with van der Waals surface area (Å²) >= 11 is 0. The minimum atomic E-state index is -2.87. The number of hydrogen-bond donors (Lipinski definition) is 6. The molecule has 4 aliphatic carbocycles. The van der Waals surface area contributed by atoms with E-state index in [1.807, 2.05) is 13.8 Å². The number of benzene rings is 2. The zero-order valence-electron chi connectivity index (χ0n) is 22.2. The number of aliphatic hydroxyl groups is 3. The topological polar surface area (TPSA) is 178 Å². The number of ketones is 2. The molecule has 0 aromatic heterocycles. The summed E-state index contributed by atoms with van der Waals surface area (Å²) in [4.78, 5) is 38.7. The quantitative estimate of drug-likeness (QED) is 0.239. The van der Waals surface area contributed by atoms with Gasteiger partial charge in [0, 0.05) is 17.8 Å². The number of aromatic hydroxyl groups is 2. The van der Waals surface area contributed by atoms with E-state index in [0.717, 1.165) is 29.5 Å². The predicted octanol–water partition coefficient (Wildman–Crippen LogP) is 2.97. The second kappa shape index (κ2) is 7.49. The van der Waals surface area contributed by atoms with Gasteiger partial charge >= 0.3 is 0 Å². The summed E-state index contributed by atoms with van der Waals surface area (Å²) in [5.74, 6) is -7.06. The third-order valence-electron chi connectivity index (χ3n) is 10.1. The van der Waals surface area contributed by atoms with Crippen LogP contribution in [-0.2, 0) is 21.4 Å². The predicted molar refractivity (Wildman–Crippen MR) is 140 cm³/mol. The molecule has 0 unspecified atom stereocenters. The van der Waals surface area contributed by atoms with Crippen LogP contribution in [-0.4, -0.2) is 48.6 Å². The van der Waals surface area contributed by atoms with Crippen LogP contribution in [0.2, 0.25) is 0 Å². The Morgan fingerprint density at radius 1 is 1.10 bits per heavy atom.